The summed E-state index contributed by atoms with van der Waals surface area (Å²) >= 11 is 0. The Labute approximate surface area is 134 Å². The van der Waals surface area contributed by atoms with Crippen molar-refractivity contribution in [2.45, 2.75) is 38.9 Å². The summed E-state index contributed by atoms with van der Waals surface area (Å²) < 4.78 is 7.10. The van der Waals surface area contributed by atoms with Crippen LogP contribution in [-0.2, 0) is 16.0 Å². The summed E-state index contributed by atoms with van der Waals surface area (Å²) in [6.45, 7) is 2.64. The molecule has 1 aliphatic heterocycles. The molecule has 1 amide bonds. The van der Waals surface area contributed by atoms with Gasteiger partial charge in [-0.15, -0.1) is 0 Å². The molecule has 1 N–H and O–H groups in total. The molecule has 0 radical (unpaired) electrons. The van der Waals surface area contributed by atoms with Gasteiger partial charge in [0.05, 0.1) is 17.5 Å². The van der Waals surface area contributed by atoms with Crippen LogP contribution >= 0.6 is 0 Å². The molecule has 23 heavy (non-hydrogen) atoms. The van der Waals surface area contributed by atoms with Crippen LogP contribution in [0.4, 0.5) is 0 Å². The summed E-state index contributed by atoms with van der Waals surface area (Å²) in [5.41, 5.74) is 3.74. The highest BCUT2D eigenvalue weighted by molar-refractivity contribution is 5.94. The number of aromatic nitrogens is 3. The van der Waals surface area contributed by atoms with Crippen LogP contribution in [0, 0.1) is 0 Å². The second-order valence-electron chi connectivity index (χ2n) is 5.30. The highest BCUT2D eigenvalue weighted by Crippen LogP contribution is 2.16. The van der Waals surface area contributed by atoms with E-state index in [1.54, 1.807) is 10.9 Å². The molecule has 7 nitrogen and oxygen atoms in total. The molecule has 0 unspecified atom stereocenters. The van der Waals surface area contributed by atoms with Gasteiger partial charge in [0.1, 0.15) is 0 Å². The van der Waals surface area contributed by atoms with E-state index < -0.39 is 0 Å². The Morgan fingerprint density at radius 1 is 1.48 bits per heavy atom. The van der Waals surface area contributed by atoms with Gasteiger partial charge < -0.3 is 4.74 Å². The summed E-state index contributed by atoms with van der Waals surface area (Å²) in [5, 5.41) is 4.28. The number of carbonyl (C=O) groups excluding carboxylic acids is 1. The summed E-state index contributed by atoms with van der Waals surface area (Å²) in [5.74, 6) is 0.359. The third kappa shape index (κ3) is 3.57. The van der Waals surface area contributed by atoms with Gasteiger partial charge in [0, 0.05) is 19.2 Å². The first-order valence-corrected chi connectivity index (χ1v) is 7.85. The van der Waals surface area contributed by atoms with Gasteiger partial charge >= 0.3 is 0 Å². The van der Waals surface area contributed by atoms with E-state index in [4.69, 9.17) is 9.57 Å². The van der Waals surface area contributed by atoms with Crippen LogP contribution in [-0.4, -0.2) is 33.6 Å². The Bertz CT molecular complexity index is 651. The molecule has 1 fully saturated rings. The van der Waals surface area contributed by atoms with Crippen molar-refractivity contribution in [3.05, 3.63) is 41.9 Å². The lowest BCUT2D eigenvalue weighted by Gasteiger charge is -2.22. The number of hydroxylamine groups is 1. The SMILES string of the molecule is CCc1c(C(=O)NO[C@H]2CCCCO2)cnn1-c1ccccn1. The van der Waals surface area contributed by atoms with Crippen LogP contribution < -0.4 is 5.48 Å². The van der Waals surface area contributed by atoms with Crippen LogP contribution in [0.3, 0.4) is 0 Å². The van der Waals surface area contributed by atoms with Crippen LogP contribution in [0.2, 0.25) is 0 Å². The topological polar surface area (TPSA) is 78.3 Å². The number of nitrogens with zero attached hydrogens (tertiary/aromatic N) is 3. The van der Waals surface area contributed by atoms with Crippen molar-refractivity contribution < 1.29 is 14.4 Å². The van der Waals surface area contributed by atoms with E-state index in [0.29, 0.717) is 24.4 Å². The normalized spacial score (nSPS) is 17.9. The monoisotopic (exact) mass is 316 g/mol. The number of hydrogen-bond donors (Lipinski definition) is 1. The van der Waals surface area contributed by atoms with Crippen LogP contribution in [0.15, 0.2) is 30.6 Å². The largest absolute Gasteiger partial charge is 0.350 e. The number of nitrogens with one attached hydrogen (secondary N) is 1. The van der Waals surface area contributed by atoms with Crippen LogP contribution in [0.5, 0.6) is 0 Å². The molecule has 0 spiro atoms. The van der Waals surface area contributed by atoms with E-state index in [9.17, 15) is 4.79 Å². The van der Waals surface area contributed by atoms with Gasteiger partial charge in [0.25, 0.3) is 5.91 Å². The average molecular weight is 316 g/mol. The Kier molecular flexibility index (Phi) is 4.99. The Morgan fingerprint density at radius 2 is 2.39 bits per heavy atom. The van der Waals surface area contributed by atoms with Gasteiger partial charge in [-0.25, -0.2) is 20.0 Å². The minimum Gasteiger partial charge on any atom is -0.350 e. The molecular formula is C16H20N4O3. The first kappa shape index (κ1) is 15.6. The third-order valence-electron chi connectivity index (χ3n) is 3.74. The van der Waals surface area contributed by atoms with Crippen LogP contribution in [0.25, 0.3) is 5.82 Å². The molecule has 0 aromatic carbocycles. The molecule has 7 heteroatoms. The number of pyridine rings is 1. The van der Waals surface area contributed by atoms with E-state index in [-0.39, 0.29) is 12.2 Å². The van der Waals surface area contributed by atoms with Crippen molar-refractivity contribution in [1.29, 1.82) is 0 Å². The molecule has 0 aliphatic carbocycles. The number of rotatable bonds is 5. The number of carbonyl (C=O) groups is 1. The molecule has 0 bridgehead atoms. The third-order valence-corrected chi connectivity index (χ3v) is 3.74. The van der Waals surface area contributed by atoms with Gasteiger partial charge in [0.2, 0.25) is 0 Å². The molecular weight excluding hydrogens is 296 g/mol. The highest BCUT2D eigenvalue weighted by atomic mass is 16.8. The fourth-order valence-corrected chi connectivity index (χ4v) is 2.56. The van der Waals surface area contributed by atoms with Gasteiger partial charge in [-0.3, -0.25) is 4.79 Å². The molecule has 1 atom stereocenters. The fraction of sp³-hybridized carbons (Fsp3) is 0.438. The number of amides is 1. The first-order chi connectivity index (χ1) is 11.3. The van der Waals surface area contributed by atoms with E-state index in [1.165, 1.54) is 6.20 Å². The lowest BCUT2D eigenvalue weighted by atomic mass is 10.2. The van der Waals surface area contributed by atoms with Crippen molar-refractivity contribution in [1.82, 2.24) is 20.2 Å². The number of ether oxygens (including phenoxy) is 1. The summed E-state index contributed by atoms with van der Waals surface area (Å²) in [4.78, 5) is 22.0. The smallest absolute Gasteiger partial charge is 0.278 e. The molecule has 122 valence electrons. The zero-order chi connectivity index (χ0) is 16.1. The van der Waals surface area contributed by atoms with Gasteiger partial charge in [-0.1, -0.05) is 13.0 Å². The van der Waals surface area contributed by atoms with Gasteiger partial charge in [0.15, 0.2) is 12.1 Å². The quantitative estimate of drug-likeness (QED) is 0.854. The predicted molar refractivity (Wildman–Crippen MR) is 82.9 cm³/mol. The second kappa shape index (κ2) is 7.34. The van der Waals surface area contributed by atoms with Crippen LogP contribution in [0.1, 0.15) is 42.2 Å². The maximum atomic E-state index is 12.3. The zero-order valence-corrected chi connectivity index (χ0v) is 13.1. The molecule has 1 aliphatic rings. The number of hydrogen-bond acceptors (Lipinski definition) is 5. The summed E-state index contributed by atoms with van der Waals surface area (Å²) in [7, 11) is 0. The van der Waals surface area contributed by atoms with E-state index in [0.717, 1.165) is 25.0 Å². The van der Waals surface area contributed by atoms with Crippen molar-refractivity contribution in [2.24, 2.45) is 0 Å². The van der Waals surface area contributed by atoms with Crippen molar-refractivity contribution in [3.8, 4) is 5.82 Å². The predicted octanol–water partition coefficient (Wildman–Crippen LogP) is 2.02. The average Bonchev–Trinajstić information content (AvgIpc) is 3.05. The van der Waals surface area contributed by atoms with E-state index in [1.807, 2.05) is 25.1 Å². The lowest BCUT2D eigenvalue weighted by molar-refractivity contribution is -0.186. The maximum Gasteiger partial charge on any atom is 0.278 e. The molecule has 2 aromatic heterocycles. The Balaban J connectivity index is 1.72. The maximum absolute atomic E-state index is 12.3. The Hall–Kier alpha value is -2.25. The van der Waals surface area contributed by atoms with E-state index in [2.05, 4.69) is 15.6 Å². The Morgan fingerprint density at radius 3 is 3.09 bits per heavy atom. The van der Waals surface area contributed by atoms with Crippen molar-refractivity contribution in [3.63, 3.8) is 0 Å². The minimum absolute atomic E-state index is 0.321. The minimum atomic E-state index is -0.372. The summed E-state index contributed by atoms with van der Waals surface area (Å²) in [6.07, 6.45) is 6.37. The molecule has 3 rings (SSSR count). The second-order valence-corrected chi connectivity index (χ2v) is 5.30. The van der Waals surface area contributed by atoms with E-state index >= 15 is 0 Å². The van der Waals surface area contributed by atoms with Gasteiger partial charge in [-0.05, 0) is 31.4 Å². The van der Waals surface area contributed by atoms with Crippen molar-refractivity contribution >= 4 is 5.91 Å². The molecule has 2 aromatic rings. The molecule has 0 saturated carbocycles. The zero-order valence-electron chi connectivity index (χ0n) is 13.1. The first-order valence-electron chi connectivity index (χ1n) is 7.85. The lowest BCUT2D eigenvalue weighted by Crippen LogP contribution is -2.33. The summed E-state index contributed by atoms with van der Waals surface area (Å²) in [6, 6.07) is 5.57. The standard InChI is InChI=1S/C16H20N4O3/c1-2-13-12(11-18-20(13)14-7-3-5-9-17-14)16(21)19-23-15-8-4-6-10-22-15/h3,5,7,9,11,15H,2,4,6,8,10H2,1H3,(H,19,21)/t15-/m0/s1. The molecule has 3 heterocycles. The molecule has 1 saturated heterocycles. The highest BCUT2D eigenvalue weighted by Gasteiger charge is 2.20. The fourth-order valence-electron chi connectivity index (χ4n) is 2.56. The van der Waals surface area contributed by atoms with Crippen molar-refractivity contribution in [2.75, 3.05) is 6.61 Å². The van der Waals surface area contributed by atoms with Gasteiger partial charge in [-0.2, -0.15) is 5.10 Å².